The Morgan fingerprint density at radius 1 is 1.45 bits per heavy atom. The molecule has 0 atom stereocenters. The van der Waals surface area contributed by atoms with Crippen LogP contribution in [0.5, 0.6) is 0 Å². The highest BCUT2D eigenvalue weighted by molar-refractivity contribution is 7.93. The van der Waals surface area contributed by atoms with Crippen molar-refractivity contribution in [3.8, 4) is 0 Å². The third-order valence-electron chi connectivity index (χ3n) is 2.97. The topological polar surface area (TPSA) is 73.1 Å². The number of hydrogen-bond acceptors (Lipinski definition) is 5. The van der Waals surface area contributed by atoms with Crippen LogP contribution >= 0.6 is 11.3 Å². The molecule has 1 saturated carbocycles. The van der Waals surface area contributed by atoms with E-state index < -0.39 is 33.9 Å². The van der Waals surface area contributed by atoms with Crippen molar-refractivity contribution in [3.05, 3.63) is 28.2 Å². The Balaban J connectivity index is 2.04. The van der Waals surface area contributed by atoms with E-state index >= 15 is 0 Å². The van der Waals surface area contributed by atoms with Crippen LogP contribution in [0.25, 0.3) is 0 Å². The predicted molar refractivity (Wildman–Crippen MR) is 75.5 cm³/mol. The minimum absolute atomic E-state index is 0.187. The Morgan fingerprint density at radius 3 is 2.73 bits per heavy atom. The summed E-state index contributed by atoms with van der Waals surface area (Å²) in [5, 5.41) is 12.9. The second-order valence-corrected chi connectivity index (χ2v) is 8.09. The van der Waals surface area contributed by atoms with Gasteiger partial charge in [0.15, 0.2) is 12.4 Å². The number of sulfone groups is 1. The maximum absolute atomic E-state index is 12.7. The van der Waals surface area contributed by atoms with Gasteiger partial charge in [0.05, 0.1) is 5.75 Å². The van der Waals surface area contributed by atoms with Crippen LogP contribution in [0, 0.1) is 11.1 Å². The fourth-order valence-corrected chi connectivity index (χ4v) is 3.97. The largest absolute Gasteiger partial charge is 0.624 e. The molecule has 0 aromatic carbocycles. The van der Waals surface area contributed by atoms with E-state index in [4.69, 9.17) is 0 Å². The van der Waals surface area contributed by atoms with Gasteiger partial charge in [-0.2, -0.15) is 8.78 Å². The van der Waals surface area contributed by atoms with Crippen molar-refractivity contribution in [3.63, 3.8) is 0 Å². The van der Waals surface area contributed by atoms with Gasteiger partial charge in [-0.25, -0.2) is 22.5 Å². The van der Waals surface area contributed by atoms with Gasteiger partial charge in [-0.05, 0) is 12.8 Å². The van der Waals surface area contributed by atoms with Crippen molar-refractivity contribution in [2.75, 3.05) is 12.3 Å². The van der Waals surface area contributed by atoms with Crippen molar-refractivity contribution in [1.29, 1.82) is 0 Å². The molecule has 0 radical (unpaired) electrons. The SMILES string of the molecule is O=S(=O)(CCC(F)=C(F)F)c1nc(/C=[N+](\[O-])CC2CC2)cs1. The van der Waals surface area contributed by atoms with Gasteiger partial charge in [0.2, 0.25) is 20.4 Å². The summed E-state index contributed by atoms with van der Waals surface area (Å²) in [6.07, 6.45) is -0.222. The van der Waals surface area contributed by atoms with Crippen molar-refractivity contribution >= 4 is 27.4 Å². The quantitative estimate of drug-likeness (QED) is 0.327. The van der Waals surface area contributed by atoms with Crippen molar-refractivity contribution in [2.45, 2.75) is 23.6 Å². The van der Waals surface area contributed by atoms with Gasteiger partial charge in [-0.1, -0.05) is 0 Å². The summed E-state index contributed by atoms with van der Waals surface area (Å²) in [5.41, 5.74) is 0.187. The van der Waals surface area contributed by atoms with Crippen LogP contribution in [0.2, 0.25) is 0 Å². The minimum atomic E-state index is -3.96. The van der Waals surface area contributed by atoms with E-state index in [0.717, 1.165) is 24.2 Å². The van der Waals surface area contributed by atoms with Crippen LogP contribution in [0.1, 0.15) is 25.0 Å². The molecule has 0 saturated heterocycles. The third-order valence-corrected chi connectivity index (χ3v) is 6.04. The zero-order chi connectivity index (χ0) is 16.3. The zero-order valence-electron chi connectivity index (χ0n) is 11.3. The molecule has 5 nitrogen and oxygen atoms in total. The molecular weight excluding hydrogens is 341 g/mol. The number of hydroxylamine groups is 1. The molecule has 1 fully saturated rings. The van der Waals surface area contributed by atoms with Crippen molar-refractivity contribution < 1.29 is 26.3 Å². The first-order valence-corrected chi connectivity index (χ1v) is 8.97. The van der Waals surface area contributed by atoms with E-state index in [1.54, 1.807) is 0 Å². The maximum Gasteiger partial charge on any atom is 0.301 e. The first-order valence-electron chi connectivity index (χ1n) is 6.44. The van der Waals surface area contributed by atoms with E-state index in [-0.39, 0.29) is 10.0 Å². The molecule has 1 aromatic rings. The van der Waals surface area contributed by atoms with Crippen LogP contribution < -0.4 is 0 Å². The summed E-state index contributed by atoms with van der Waals surface area (Å²) in [4.78, 5) is 3.78. The zero-order valence-corrected chi connectivity index (χ0v) is 13.0. The summed E-state index contributed by atoms with van der Waals surface area (Å²) in [6.45, 7) is 0.339. The molecule has 0 N–H and O–H groups in total. The highest BCUT2D eigenvalue weighted by atomic mass is 32.2. The summed E-state index contributed by atoms with van der Waals surface area (Å²) in [5.74, 6) is -2.17. The van der Waals surface area contributed by atoms with E-state index in [0.29, 0.717) is 17.2 Å². The monoisotopic (exact) mass is 354 g/mol. The Bertz CT molecular complexity index is 705. The Hall–Kier alpha value is -1.42. The second kappa shape index (κ2) is 6.78. The lowest BCUT2D eigenvalue weighted by Gasteiger charge is -2.00. The van der Waals surface area contributed by atoms with Gasteiger partial charge < -0.3 is 5.21 Å². The van der Waals surface area contributed by atoms with E-state index in [9.17, 15) is 26.8 Å². The van der Waals surface area contributed by atoms with Crippen LogP contribution in [0.3, 0.4) is 0 Å². The van der Waals surface area contributed by atoms with Gasteiger partial charge >= 0.3 is 6.08 Å². The first kappa shape index (κ1) is 16.9. The lowest BCUT2D eigenvalue weighted by molar-refractivity contribution is -0.456. The number of hydrogen-bond donors (Lipinski definition) is 0. The number of thiazole rings is 1. The third kappa shape index (κ3) is 4.80. The summed E-state index contributed by atoms with van der Waals surface area (Å²) >= 11 is 0.771. The molecule has 1 aromatic heterocycles. The van der Waals surface area contributed by atoms with Crippen LogP contribution in [-0.2, 0) is 9.84 Å². The highest BCUT2D eigenvalue weighted by Crippen LogP contribution is 2.28. The summed E-state index contributed by atoms with van der Waals surface area (Å²) in [6, 6.07) is 0. The average Bonchev–Trinajstić information content (AvgIpc) is 3.10. The van der Waals surface area contributed by atoms with Gasteiger partial charge in [0.25, 0.3) is 0 Å². The lowest BCUT2D eigenvalue weighted by atomic mass is 10.4. The number of halogens is 3. The molecule has 0 bridgehead atoms. The number of allylic oxidation sites excluding steroid dienone is 1. The van der Waals surface area contributed by atoms with E-state index in [1.165, 1.54) is 11.6 Å². The van der Waals surface area contributed by atoms with E-state index in [2.05, 4.69) is 4.98 Å². The number of rotatable bonds is 7. The van der Waals surface area contributed by atoms with Crippen LogP contribution in [0.15, 0.2) is 21.6 Å². The molecule has 0 amide bonds. The normalized spacial score (nSPS) is 15.9. The standard InChI is InChI=1S/C12H13F3N2O3S2/c13-10(11(14)15)3-4-22(19,20)12-16-9(7-21-12)6-17(18)5-8-1-2-8/h6-8H,1-5H2/b17-6-. The molecule has 1 aliphatic rings. The Labute approximate surface area is 129 Å². The Morgan fingerprint density at radius 2 is 2.14 bits per heavy atom. The maximum atomic E-state index is 12.7. The second-order valence-electron chi connectivity index (χ2n) is 4.94. The van der Waals surface area contributed by atoms with Crippen LogP contribution in [0.4, 0.5) is 13.2 Å². The van der Waals surface area contributed by atoms with Crippen molar-refractivity contribution in [2.24, 2.45) is 5.92 Å². The summed E-state index contributed by atoms with van der Waals surface area (Å²) in [7, 11) is -3.96. The molecule has 2 rings (SSSR count). The molecule has 10 heteroatoms. The molecule has 0 unspecified atom stereocenters. The molecule has 0 aliphatic heterocycles. The molecule has 22 heavy (non-hydrogen) atoms. The first-order chi connectivity index (χ1) is 10.3. The minimum Gasteiger partial charge on any atom is -0.624 e. The Kier molecular flexibility index (Phi) is 5.22. The smallest absolute Gasteiger partial charge is 0.301 e. The molecule has 1 heterocycles. The number of aromatic nitrogens is 1. The molecule has 1 aliphatic carbocycles. The fraction of sp³-hybridized carbons (Fsp3) is 0.500. The van der Waals surface area contributed by atoms with Gasteiger partial charge in [-0.15, -0.1) is 11.3 Å². The molecular formula is C12H13F3N2O3S2. The fourth-order valence-electron chi connectivity index (χ4n) is 1.63. The van der Waals surface area contributed by atoms with Gasteiger partial charge in [0.1, 0.15) is 5.69 Å². The van der Waals surface area contributed by atoms with Crippen molar-refractivity contribution in [1.82, 2.24) is 4.98 Å². The van der Waals surface area contributed by atoms with Gasteiger partial charge in [0, 0.05) is 17.7 Å². The average molecular weight is 354 g/mol. The molecule has 0 spiro atoms. The highest BCUT2D eigenvalue weighted by Gasteiger charge is 2.25. The predicted octanol–water partition coefficient (Wildman–Crippen LogP) is 2.72. The van der Waals surface area contributed by atoms with E-state index in [1.807, 2.05) is 0 Å². The lowest BCUT2D eigenvalue weighted by Crippen LogP contribution is -2.10. The van der Waals surface area contributed by atoms with Gasteiger partial charge in [-0.3, -0.25) is 0 Å². The van der Waals surface area contributed by atoms with Crippen LogP contribution in [-0.4, -0.2) is 36.7 Å². The summed E-state index contributed by atoms with van der Waals surface area (Å²) < 4.78 is 60.6. The molecule has 122 valence electrons. The number of nitrogens with zero attached hydrogens (tertiary/aromatic N) is 2.